The standard InChI is InChI=1S/C18H27N3/c1-3-7-15-9-10-16(13-19)18(12-15)21(4-2)14-17-8-5-6-11-20-17/h5-6,8,11,15-16,18H,3-4,7,9-10,12,14H2,1-2H3. The molecular weight excluding hydrogens is 258 g/mol. The molecule has 3 heteroatoms. The third kappa shape index (κ3) is 4.28. The molecule has 3 unspecified atom stereocenters. The van der Waals surface area contributed by atoms with Crippen molar-refractivity contribution >= 4 is 0 Å². The van der Waals surface area contributed by atoms with E-state index >= 15 is 0 Å². The molecule has 1 saturated carbocycles. The smallest absolute Gasteiger partial charge is 0.0672 e. The van der Waals surface area contributed by atoms with E-state index in [1.165, 1.54) is 25.7 Å². The van der Waals surface area contributed by atoms with E-state index in [0.717, 1.165) is 31.1 Å². The molecule has 0 N–H and O–H groups in total. The first-order valence-electron chi connectivity index (χ1n) is 8.32. The van der Waals surface area contributed by atoms with Crippen molar-refractivity contribution in [2.45, 2.75) is 58.5 Å². The Morgan fingerprint density at radius 2 is 2.19 bits per heavy atom. The molecule has 1 heterocycles. The third-order valence-electron chi connectivity index (χ3n) is 4.75. The number of rotatable bonds is 6. The van der Waals surface area contributed by atoms with Crippen molar-refractivity contribution in [1.29, 1.82) is 5.26 Å². The molecule has 2 rings (SSSR count). The maximum atomic E-state index is 9.50. The number of hydrogen-bond donors (Lipinski definition) is 0. The van der Waals surface area contributed by atoms with Gasteiger partial charge in [0.2, 0.25) is 0 Å². The molecule has 0 spiro atoms. The zero-order valence-corrected chi connectivity index (χ0v) is 13.3. The van der Waals surface area contributed by atoms with Crippen LogP contribution < -0.4 is 0 Å². The normalized spacial score (nSPS) is 25.7. The van der Waals surface area contributed by atoms with Gasteiger partial charge in [0.25, 0.3) is 0 Å². The maximum absolute atomic E-state index is 9.50. The first-order valence-corrected chi connectivity index (χ1v) is 8.32. The lowest BCUT2D eigenvalue weighted by Crippen LogP contribution is -2.43. The highest BCUT2D eigenvalue weighted by Crippen LogP contribution is 2.34. The van der Waals surface area contributed by atoms with Gasteiger partial charge in [0, 0.05) is 18.8 Å². The number of pyridine rings is 1. The van der Waals surface area contributed by atoms with Crippen molar-refractivity contribution < 1.29 is 0 Å². The molecule has 1 aliphatic rings. The molecule has 0 saturated heterocycles. The van der Waals surface area contributed by atoms with Crippen LogP contribution in [0.4, 0.5) is 0 Å². The fourth-order valence-corrected chi connectivity index (χ4v) is 3.62. The molecule has 1 aromatic heterocycles. The fourth-order valence-electron chi connectivity index (χ4n) is 3.62. The number of nitriles is 1. The zero-order valence-electron chi connectivity index (χ0n) is 13.3. The molecule has 0 aromatic carbocycles. The quantitative estimate of drug-likeness (QED) is 0.792. The van der Waals surface area contributed by atoms with Crippen LogP contribution in [0.2, 0.25) is 0 Å². The van der Waals surface area contributed by atoms with Gasteiger partial charge in [0.1, 0.15) is 0 Å². The van der Waals surface area contributed by atoms with Crippen LogP contribution in [0.5, 0.6) is 0 Å². The Morgan fingerprint density at radius 3 is 2.81 bits per heavy atom. The molecule has 3 atom stereocenters. The van der Waals surface area contributed by atoms with E-state index in [4.69, 9.17) is 0 Å². The predicted octanol–water partition coefficient (Wildman–Crippen LogP) is 4.01. The van der Waals surface area contributed by atoms with E-state index in [0.29, 0.717) is 6.04 Å². The van der Waals surface area contributed by atoms with Gasteiger partial charge in [-0.2, -0.15) is 5.26 Å². The van der Waals surface area contributed by atoms with E-state index in [1.54, 1.807) is 0 Å². The molecular formula is C18H27N3. The minimum absolute atomic E-state index is 0.182. The van der Waals surface area contributed by atoms with Crippen molar-refractivity contribution in [3.8, 4) is 6.07 Å². The lowest BCUT2D eigenvalue weighted by atomic mass is 9.76. The first kappa shape index (κ1) is 16.0. The minimum Gasteiger partial charge on any atom is -0.294 e. The molecule has 114 valence electrons. The second kappa shape index (κ2) is 8.14. The van der Waals surface area contributed by atoms with Gasteiger partial charge in [-0.15, -0.1) is 0 Å². The largest absolute Gasteiger partial charge is 0.294 e. The van der Waals surface area contributed by atoms with Crippen LogP contribution in [0, 0.1) is 23.2 Å². The minimum atomic E-state index is 0.182. The fraction of sp³-hybridized carbons (Fsp3) is 0.667. The Bertz CT molecular complexity index is 451. The van der Waals surface area contributed by atoms with Crippen LogP contribution in [-0.2, 0) is 6.54 Å². The van der Waals surface area contributed by atoms with Crippen molar-refractivity contribution in [2.75, 3.05) is 6.54 Å². The van der Waals surface area contributed by atoms with Crippen LogP contribution in [0.1, 0.15) is 51.6 Å². The Morgan fingerprint density at radius 1 is 1.33 bits per heavy atom. The van der Waals surface area contributed by atoms with E-state index in [1.807, 2.05) is 18.3 Å². The molecule has 1 aromatic rings. The lowest BCUT2D eigenvalue weighted by molar-refractivity contribution is 0.0952. The summed E-state index contributed by atoms with van der Waals surface area (Å²) in [5.74, 6) is 0.976. The average Bonchev–Trinajstić information content (AvgIpc) is 2.54. The molecule has 0 radical (unpaired) electrons. The topological polar surface area (TPSA) is 39.9 Å². The van der Waals surface area contributed by atoms with E-state index in [-0.39, 0.29) is 5.92 Å². The number of nitrogens with zero attached hydrogens (tertiary/aromatic N) is 3. The summed E-state index contributed by atoms with van der Waals surface area (Å²) in [5, 5.41) is 9.50. The molecule has 0 bridgehead atoms. The van der Waals surface area contributed by atoms with E-state index in [2.05, 4.69) is 35.9 Å². The monoisotopic (exact) mass is 285 g/mol. The highest BCUT2D eigenvalue weighted by atomic mass is 15.2. The summed E-state index contributed by atoms with van der Waals surface area (Å²) < 4.78 is 0. The van der Waals surface area contributed by atoms with Gasteiger partial charge >= 0.3 is 0 Å². The summed E-state index contributed by atoms with van der Waals surface area (Å²) in [6.07, 6.45) is 7.86. The molecule has 0 aliphatic heterocycles. The van der Waals surface area contributed by atoms with E-state index in [9.17, 15) is 5.26 Å². The Kier molecular flexibility index (Phi) is 6.20. The van der Waals surface area contributed by atoms with Crippen LogP contribution >= 0.6 is 0 Å². The van der Waals surface area contributed by atoms with Gasteiger partial charge < -0.3 is 0 Å². The first-order chi connectivity index (χ1) is 10.3. The SMILES string of the molecule is CCCC1CCC(C#N)C(N(CC)Cc2ccccn2)C1. The Labute approximate surface area is 129 Å². The van der Waals surface area contributed by atoms with Gasteiger partial charge in [-0.05, 0) is 43.9 Å². The zero-order chi connectivity index (χ0) is 15.1. The van der Waals surface area contributed by atoms with Crippen LogP contribution in [-0.4, -0.2) is 22.5 Å². The third-order valence-corrected chi connectivity index (χ3v) is 4.75. The molecule has 21 heavy (non-hydrogen) atoms. The van der Waals surface area contributed by atoms with Gasteiger partial charge in [-0.1, -0.05) is 32.8 Å². The Hall–Kier alpha value is -1.40. The lowest BCUT2D eigenvalue weighted by Gasteiger charge is -2.39. The van der Waals surface area contributed by atoms with E-state index < -0.39 is 0 Å². The second-order valence-corrected chi connectivity index (χ2v) is 6.15. The van der Waals surface area contributed by atoms with Gasteiger partial charge in [-0.3, -0.25) is 9.88 Å². The second-order valence-electron chi connectivity index (χ2n) is 6.15. The summed E-state index contributed by atoms with van der Waals surface area (Å²) in [6.45, 7) is 6.30. The number of aromatic nitrogens is 1. The van der Waals surface area contributed by atoms with Crippen LogP contribution in [0.25, 0.3) is 0 Å². The maximum Gasteiger partial charge on any atom is 0.0672 e. The average molecular weight is 285 g/mol. The Balaban J connectivity index is 2.07. The van der Waals surface area contributed by atoms with Crippen molar-refractivity contribution in [3.63, 3.8) is 0 Å². The van der Waals surface area contributed by atoms with Crippen molar-refractivity contribution in [3.05, 3.63) is 30.1 Å². The molecule has 0 amide bonds. The summed E-state index contributed by atoms with van der Waals surface area (Å²) in [6, 6.07) is 9.03. The highest BCUT2D eigenvalue weighted by molar-refractivity contribution is 5.05. The van der Waals surface area contributed by atoms with Crippen LogP contribution in [0.3, 0.4) is 0 Å². The number of hydrogen-bond acceptors (Lipinski definition) is 3. The highest BCUT2D eigenvalue weighted by Gasteiger charge is 2.33. The summed E-state index contributed by atoms with van der Waals surface area (Å²) >= 11 is 0. The van der Waals surface area contributed by atoms with Crippen molar-refractivity contribution in [2.24, 2.45) is 11.8 Å². The molecule has 3 nitrogen and oxygen atoms in total. The summed E-state index contributed by atoms with van der Waals surface area (Å²) in [7, 11) is 0. The predicted molar refractivity (Wildman–Crippen MR) is 85.5 cm³/mol. The van der Waals surface area contributed by atoms with Gasteiger partial charge in [0.15, 0.2) is 0 Å². The van der Waals surface area contributed by atoms with Crippen LogP contribution in [0.15, 0.2) is 24.4 Å². The van der Waals surface area contributed by atoms with Crippen molar-refractivity contribution in [1.82, 2.24) is 9.88 Å². The van der Waals surface area contributed by atoms with Gasteiger partial charge in [-0.25, -0.2) is 0 Å². The summed E-state index contributed by atoms with van der Waals surface area (Å²) in [5.41, 5.74) is 1.11. The molecule has 1 aliphatic carbocycles. The molecule has 1 fully saturated rings. The summed E-state index contributed by atoms with van der Waals surface area (Å²) in [4.78, 5) is 6.90. The van der Waals surface area contributed by atoms with Gasteiger partial charge in [0.05, 0.1) is 17.7 Å².